The van der Waals surface area contributed by atoms with Crippen LogP contribution in [0.2, 0.25) is 0 Å². The highest BCUT2D eigenvalue weighted by atomic mass is 32.3. The van der Waals surface area contributed by atoms with Crippen LogP contribution in [0.3, 0.4) is 0 Å². The Balaban J connectivity index is 1.09. The van der Waals surface area contributed by atoms with E-state index in [0.717, 1.165) is 17.1 Å². The lowest BCUT2D eigenvalue weighted by Crippen LogP contribution is -2.59. The van der Waals surface area contributed by atoms with Crippen LogP contribution in [0, 0.1) is 0 Å². The molecule has 0 saturated carbocycles. The Bertz CT molecular complexity index is 2460. The molecule has 0 amide bonds. The van der Waals surface area contributed by atoms with Crippen molar-refractivity contribution in [2.45, 2.75) is 29.4 Å². The first-order valence-electron chi connectivity index (χ1n) is 17.8. The maximum absolute atomic E-state index is 2.42. The van der Waals surface area contributed by atoms with E-state index in [2.05, 4.69) is 211 Å². The van der Waals surface area contributed by atoms with Crippen molar-refractivity contribution >= 4 is 62.0 Å². The molecule has 52 heavy (non-hydrogen) atoms. The van der Waals surface area contributed by atoms with E-state index in [4.69, 9.17) is 0 Å². The molecule has 0 bridgehead atoms. The van der Waals surface area contributed by atoms with Crippen molar-refractivity contribution in [3.8, 4) is 11.1 Å². The van der Waals surface area contributed by atoms with Crippen molar-refractivity contribution in [3.05, 3.63) is 206 Å². The Morgan fingerprint density at radius 2 is 0.904 bits per heavy atom. The number of hydrogen-bond donors (Lipinski definition) is 0. The van der Waals surface area contributed by atoms with E-state index in [1.807, 2.05) is 11.8 Å². The molecule has 0 saturated heterocycles. The smallest absolute Gasteiger partial charge is 0.247 e. The fourth-order valence-corrected chi connectivity index (χ4v) is 13.8. The summed E-state index contributed by atoms with van der Waals surface area (Å²) in [6.45, 7) is 0.174. The van der Waals surface area contributed by atoms with Gasteiger partial charge in [-0.25, -0.2) is 0 Å². The summed E-state index contributed by atoms with van der Waals surface area (Å²) < 4.78 is 0. The first-order chi connectivity index (χ1) is 25.8. The minimum atomic E-state index is -1.73. The fourth-order valence-electron chi connectivity index (χ4n) is 8.22. The van der Waals surface area contributed by atoms with E-state index in [9.17, 15) is 0 Å². The van der Waals surface area contributed by atoms with Crippen molar-refractivity contribution < 1.29 is 0 Å². The van der Waals surface area contributed by atoms with Crippen molar-refractivity contribution in [2.24, 2.45) is 0 Å². The third kappa shape index (κ3) is 4.90. The predicted molar refractivity (Wildman–Crippen MR) is 222 cm³/mol. The largest absolute Gasteiger partial charge is 0.311 e. The molecule has 8 aromatic carbocycles. The van der Waals surface area contributed by atoms with Gasteiger partial charge in [0.1, 0.15) is 0 Å². The zero-order valence-electron chi connectivity index (χ0n) is 28.5. The van der Waals surface area contributed by atoms with Gasteiger partial charge in [0.15, 0.2) is 0 Å². The molecule has 0 unspecified atom stereocenters. The van der Waals surface area contributed by atoms with Gasteiger partial charge in [0.25, 0.3) is 0 Å². The fraction of sp³-hybridized carbons (Fsp3) is 0. The number of fused-ring (bicyclic) bond motifs is 4. The third-order valence-electron chi connectivity index (χ3n) is 10.4. The molecule has 0 radical (unpaired) electrons. The van der Waals surface area contributed by atoms with Crippen LogP contribution in [0.5, 0.6) is 0 Å². The van der Waals surface area contributed by atoms with E-state index in [0.29, 0.717) is 0 Å². The summed E-state index contributed by atoms with van der Waals surface area (Å²) in [6.07, 6.45) is 0. The second-order valence-electron chi connectivity index (χ2n) is 13.3. The SMILES string of the molecule is c1ccc(N(c2ccccc2)c2ccc(-c3ccc4c(c3)Sc3cccc5c3B4c3ccccc3S5(c3ccccc3)c3ccccc3)cc2)cc1. The summed E-state index contributed by atoms with van der Waals surface area (Å²) in [4.78, 5) is 10.7. The van der Waals surface area contributed by atoms with Crippen LogP contribution >= 0.6 is 21.8 Å². The van der Waals surface area contributed by atoms with Gasteiger partial charge in [-0.1, -0.05) is 144 Å². The van der Waals surface area contributed by atoms with Crippen LogP contribution in [0.1, 0.15) is 0 Å². The van der Waals surface area contributed by atoms with Gasteiger partial charge in [-0.2, -0.15) is 0 Å². The van der Waals surface area contributed by atoms with Crippen LogP contribution in [-0.2, 0) is 0 Å². The maximum Gasteiger partial charge on any atom is 0.247 e. The highest BCUT2D eigenvalue weighted by molar-refractivity contribution is 8.34. The Morgan fingerprint density at radius 3 is 1.54 bits per heavy atom. The standard InChI is InChI=1S/C48H34BNS2/c1-5-16-37(17-6-1)50(38-18-7-2-8-19-38)39-31-28-35(29-32-39)36-30-33-42-45(34-36)51-44-25-15-27-47-48(44)49(42)43-24-13-14-26-46(43)52(47,40-20-9-3-10-21-40)41-22-11-4-12-23-41/h1-34H. The molecule has 0 spiro atoms. The van der Waals surface area contributed by atoms with Crippen molar-refractivity contribution in [3.63, 3.8) is 0 Å². The first kappa shape index (κ1) is 31.1. The average Bonchev–Trinajstić information content (AvgIpc) is 3.22. The van der Waals surface area contributed by atoms with Crippen LogP contribution in [0.25, 0.3) is 11.1 Å². The van der Waals surface area contributed by atoms with Crippen LogP contribution in [-0.4, -0.2) is 6.71 Å². The minimum Gasteiger partial charge on any atom is -0.311 e. The highest BCUT2D eigenvalue weighted by Gasteiger charge is 2.47. The topological polar surface area (TPSA) is 3.24 Å². The molecular formula is C48H34BNS2. The molecule has 2 heterocycles. The van der Waals surface area contributed by atoms with Gasteiger partial charge >= 0.3 is 0 Å². The third-order valence-corrected chi connectivity index (χ3v) is 15.6. The molecule has 246 valence electrons. The quantitative estimate of drug-likeness (QED) is 0.159. The van der Waals surface area contributed by atoms with Gasteiger partial charge in [0.05, 0.1) is 0 Å². The Hall–Kier alpha value is -5.68. The second-order valence-corrected chi connectivity index (χ2v) is 17.4. The normalized spacial score (nSPS) is 14.0. The van der Waals surface area contributed by atoms with Gasteiger partial charge in [0.2, 0.25) is 6.71 Å². The minimum absolute atomic E-state index is 0.174. The maximum atomic E-state index is 2.42. The Labute approximate surface area is 312 Å². The summed E-state index contributed by atoms with van der Waals surface area (Å²) in [7, 11) is -1.73. The van der Waals surface area contributed by atoms with Gasteiger partial charge in [0, 0.05) is 36.6 Å². The van der Waals surface area contributed by atoms with E-state index in [1.54, 1.807) is 0 Å². The van der Waals surface area contributed by atoms with Gasteiger partial charge < -0.3 is 4.90 Å². The van der Waals surface area contributed by atoms with Crippen LogP contribution in [0.4, 0.5) is 17.1 Å². The number of hydrogen-bond acceptors (Lipinski definition) is 2. The molecule has 4 heteroatoms. The summed E-state index contributed by atoms with van der Waals surface area (Å²) in [5.41, 5.74) is 10.2. The molecular weight excluding hydrogens is 665 g/mol. The number of nitrogens with zero attached hydrogens (tertiary/aromatic N) is 1. The molecule has 1 nitrogen and oxygen atoms in total. The molecule has 2 aliphatic heterocycles. The summed E-state index contributed by atoms with van der Waals surface area (Å²) in [5.74, 6) is 0. The summed E-state index contributed by atoms with van der Waals surface area (Å²) in [5, 5.41) is 0. The lowest BCUT2D eigenvalue weighted by molar-refractivity contribution is 1.23. The molecule has 0 aromatic heterocycles. The summed E-state index contributed by atoms with van der Waals surface area (Å²) in [6, 6.07) is 76.2. The van der Waals surface area contributed by atoms with Gasteiger partial charge in [-0.3, -0.25) is 0 Å². The summed E-state index contributed by atoms with van der Waals surface area (Å²) >= 11 is 1.93. The molecule has 0 atom stereocenters. The van der Waals surface area contributed by atoms with Crippen LogP contribution in [0.15, 0.2) is 236 Å². The number of anilines is 3. The molecule has 10 rings (SSSR count). The number of para-hydroxylation sites is 2. The second kappa shape index (κ2) is 12.8. The number of benzene rings is 8. The van der Waals surface area contributed by atoms with Gasteiger partial charge in [-0.05, 0) is 111 Å². The van der Waals surface area contributed by atoms with E-state index < -0.39 is 10.0 Å². The zero-order valence-corrected chi connectivity index (χ0v) is 30.1. The van der Waals surface area contributed by atoms with Crippen molar-refractivity contribution in [1.82, 2.24) is 0 Å². The average molecular weight is 700 g/mol. The van der Waals surface area contributed by atoms with Crippen molar-refractivity contribution in [2.75, 3.05) is 4.90 Å². The monoisotopic (exact) mass is 699 g/mol. The highest BCUT2D eigenvalue weighted by Crippen LogP contribution is 2.74. The number of rotatable bonds is 6. The molecule has 0 N–H and O–H groups in total. The Morgan fingerprint density at radius 1 is 0.385 bits per heavy atom. The predicted octanol–water partition coefficient (Wildman–Crippen LogP) is 11.5. The molecule has 2 aliphatic rings. The molecule has 0 aliphatic carbocycles. The lowest BCUT2D eigenvalue weighted by atomic mass is 9.36. The lowest BCUT2D eigenvalue weighted by Gasteiger charge is -2.49. The van der Waals surface area contributed by atoms with E-state index >= 15 is 0 Å². The zero-order chi connectivity index (χ0) is 34.5. The molecule has 8 aromatic rings. The molecule has 0 fully saturated rings. The van der Waals surface area contributed by atoms with Crippen LogP contribution < -0.4 is 21.3 Å². The first-order valence-corrected chi connectivity index (χ1v) is 20.2. The van der Waals surface area contributed by atoms with Gasteiger partial charge in [-0.15, -0.1) is 10.0 Å². The van der Waals surface area contributed by atoms with E-state index in [1.165, 1.54) is 56.9 Å². The van der Waals surface area contributed by atoms with E-state index in [-0.39, 0.29) is 6.71 Å². The Kier molecular flexibility index (Phi) is 7.67. The van der Waals surface area contributed by atoms with Crippen molar-refractivity contribution in [1.29, 1.82) is 0 Å².